The number of halogens is 2. The van der Waals surface area contributed by atoms with Crippen LogP contribution in [-0.4, -0.2) is 3.21 Å². The maximum absolute atomic E-state index is 2.59. The molecule has 3 heteroatoms. The Labute approximate surface area is 276 Å². The van der Waals surface area contributed by atoms with E-state index < -0.39 is 21.3 Å². The molecule has 0 amide bonds. The van der Waals surface area contributed by atoms with Gasteiger partial charge < -0.3 is 24.8 Å². The molecule has 0 fully saturated rings. The topological polar surface area (TPSA) is 0 Å². The molecule has 0 nitrogen and oxygen atoms in total. The number of hydrogen-bond donors (Lipinski definition) is 0. The normalized spacial score (nSPS) is 16.9. The minimum absolute atomic E-state index is 0. The molecule has 2 aliphatic rings. The number of allylic oxidation sites excluding steroid dienone is 4. The number of fused-ring (bicyclic) bond motifs is 3. The zero-order valence-electron chi connectivity index (χ0n) is 27.4. The van der Waals surface area contributed by atoms with E-state index in [0.29, 0.717) is 15.5 Å². The Balaban J connectivity index is 0.00000242. The molecule has 0 saturated heterocycles. The Morgan fingerprint density at radius 2 is 1.21 bits per heavy atom. The van der Waals surface area contributed by atoms with Crippen LogP contribution < -0.4 is 24.8 Å². The molecule has 0 aromatic heterocycles. The summed E-state index contributed by atoms with van der Waals surface area (Å²) in [5.41, 5.74) is 13.8. The molecule has 222 valence electrons. The summed E-state index contributed by atoms with van der Waals surface area (Å²) in [5.74, 6) is 1.08. The van der Waals surface area contributed by atoms with Crippen LogP contribution in [0.5, 0.6) is 0 Å². The quantitative estimate of drug-likeness (QED) is 0.375. The van der Waals surface area contributed by atoms with Crippen molar-refractivity contribution in [2.24, 2.45) is 11.8 Å². The summed E-state index contributed by atoms with van der Waals surface area (Å²) in [7, 11) is 0. The molecule has 3 aromatic carbocycles. The van der Waals surface area contributed by atoms with Crippen LogP contribution in [0.3, 0.4) is 0 Å². The van der Waals surface area contributed by atoms with Crippen LogP contribution in [0, 0.1) is 11.8 Å². The maximum atomic E-state index is 2.59. The van der Waals surface area contributed by atoms with Crippen molar-refractivity contribution in [3.05, 3.63) is 115 Å². The van der Waals surface area contributed by atoms with Gasteiger partial charge in [0.1, 0.15) is 0 Å². The monoisotopic (exact) mass is 676 g/mol. The zero-order chi connectivity index (χ0) is 29.1. The van der Waals surface area contributed by atoms with Crippen molar-refractivity contribution in [3.8, 4) is 11.1 Å². The molecule has 0 heterocycles. The minimum atomic E-state index is -2.53. The molecule has 0 bridgehead atoms. The molecule has 1 atom stereocenters. The molecule has 1 unspecified atom stereocenters. The first kappa shape index (κ1) is 35.0. The Hall–Kier alpha value is -1.53. The predicted molar refractivity (Wildman–Crippen MR) is 172 cm³/mol. The van der Waals surface area contributed by atoms with E-state index in [-0.39, 0.29) is 35.6 Å². The number of hydrogen-bond acceptors (Lipinski definition) is 0. The fourth-order valence-corrected chi connectivity index (χ4v) is 16.5. The van der Waals surface area contributed by atoms with E-state index in [9.17, 15) is 0 Å². The van der Waals surface area contributed by atoms with E-state index in [1.807, 2.05) is 0 Å². The SMILES string of the molecule is CC1=[C](/[Zr+2](=[C](\C)c2ccccc2)[CH]2c3ccc(C(C)(C)C)cc3-c3cc(C(C)(C)C)ccc32)C(C)C=C1C(C)C.[Cl-].[Cl-]. The molecule has 0 saturated carbocycles. The van der Waals surface area contributed by atoms with Crippen LogP contribution in [0.4, 0.5) is 0 Å². The number of rotatable bonds is 4. The summed E-state index contributed by atoms with van der Waals surface area (Å²) < 4.78 is 3.96. The molecule has 0 N–H and O–H groups in total. The predicted octanol–water partition coefficient (Wildman–Crippen LogP) is 4.72. The van der Waals surface area contributed by atoms with Crippen molar-refractivity contribution >= 4 is 3.21 Å². The molecule has 3 aromatic rings. The smallest absolute Gasteiger partial charge is 1.00 e. The molecule has 0 spiro atoms. The second-order valence-electron chi connectivity index (χ2n) is 14.5. The van der Waals surface area contributed by atoms with E-state index in [2.05, 4.69) is 149 Å². The first-order valence-corrected chi connectivity index (χ1v) is 19.1. The van der Waals surface area contributed by atoms with E-state index in [4.69, 9.17) is 0 Å². The summed E-state index contributed by atoms with van der Waals surface area (Å²) >= 11 is -2.53. The van der Waals surface area contributed by atoms with Gasteiger partial charge in [0.25, 0.3) is 0 Å². The molecule has 2 aliphatic carbocycles. The van der Waals surface area contributed by atoms with Crippen LogP contribution in [0.25, 0.3) is 11.1 Å². The minimum Gasteiger partial charge on any atom is -1.00 e. The first-order valence-electron chi connectivity index (χ1n) is 15.2. The fourth-order valence-electron chi connectivity index (χ4n) is 6.96. The second-order valence-corrected chi connectivity index (χ2v) is 21.2. The summed E-state index contributed by atoms with van der Waals surface area (Å²) in [6.07, 6.45) is 2.59. The van der Waals surface area contributed by atoms with Gasteiger partial charge in [-0.3, -0.25) is 0 Å². The molecule has 5 rings (SSSR count). The molecule has 0 aliphatic heterocycles. The van der Waals surface area contributed by atoms with Crippen molar-refractivity contribution in [1.82, 2.24) is 0 Å². The van der Waals surface area contributed by atoms with Crippen molar-refractivity contribution in [2.45, 2.75) is 90.6 Å². The van der Waals surface area contributed by atoms with Crippen LogP contribution in [0.2, 0.25) is 0 Å². The Morgan fingerprint density at radius 3 is 1.62 bits per heavy atom. The van der Waals surface area contributed by atoms with Crippen LogP contribution in [0.15, 0.2) is 87.2 Å². The van der Waals surface area contributed by atoms with Gasteiger partial charge in [0.2, 0.25) is 0 Å². The van der Waals surface area contributed by atoms with Gasteiger partial charge in [0.15, 0.2) is 0 Å². The van der Waals surface area contributed by atoms with Gasteiger partial charge in [0, 0.05) is 0 Å². The Kier molecular flexibility index (Phi) is 10.7. The van der Waals surface area contributed by atoms with Crippen LogP contribution in [-0.2, 0) is 32.1 Å². The van der Waals surface area contributed by atoms with Gasteiger partial charge in [-0.2, -0.15) is 0 Å². The van der Waals surface area contributed by atoms with E-state index in [0.717, 1.165) is 0 Å². The van der Waals surface area contributed by atoms with Crippen molar-refractivity contribution < 1.29 is 46.1 Å². The summed E-state index contributed by atoms with van der Waals surface area (Å²) in [4.78, 5) is 0. The first-order chi connectivity index (χ1) is 18.7. The maximum Gasteiger partial charge on any atom is -1.00 e. The second kappa shape index (κ2) is 12.8. The van der Waals surface area contributed by atoms with Crippen molar-refractivity contribution in [1.29, 1.82) is 0 Å². The zero-order valence-corrected chi connectivity index (χ0v) is 31.4. The largest absolute Gasteiger partial charge is 1.00 e. The van der Waals surface area contributed by atoms with E-state index in [1.54, 1.807) is 28.8 Å². The molecule has 42 heavy (non-hydrogen) atoms. The van der Waals surface area contributed by atoms with Gasteiger partial charge >= 0.3 is 253 Å². The third kappa shape index (κ3) is 6.32. The molecular formula is C39H48Cl2Zr. The standard InChI is InChI=1S/C21H25.C10H15.C8H8.2ClH.Zr/c1-20(2,3)16-9-7-14-11-15-8-10-17(21(4,5)6)13-19(15)18(14)12-16;1-7(2)10-6-8(3)5-9(10)4;1-2-8-6-4-3-5-7-8;;;/h7-13H,1-6H3;6-8H,1-4H3;3-7H,1H3;2*1H;/q;;;;;+2/p-2. The van der Waals surface area contributed by atoms with Gasteiger partial charge in [-0.1, -0.05) is 0 Å². The van der Waals surface area contributed by atoms with Crippen LogP contribution >= 0.6 is 0 Å². The summed E-state index contributed by atoms with van der Waals surface area (Å²) in [5, 5.41) is 0. The molecule has 0 radical (unpaired) electrons. The van der Waals surface area contributed by atoms with Crippen molar-refractivity contribution in [3.63, 3.8) is 0 Å². The van der Waals surface area contributed by atoms with E-state index in [1.165, 1.54) is 27.8 Å². The van der Waals surface area contributed by atoms with Gasteiger partial charge in [-0.25, -0.2) is 0 Å². The van der Waals surface area contributed by atoms with Crippen LogP contribution in [0.1, 0.15) is 108 Å². The molecular weight excluding hydrogens is 631 g/mol. The summed E-state index contributed by atoms with van der Waals surface area (Å²) in [6.45, 7) is 26.2. The average molecular weight is 679 g/mol. The number of benzene rings is 3. The Morgan fingerprint density at radius 1 is 0.738 bits per heavy atom. The third-order valence-electron chi connectivity index (χ3n) is 9.28. The van der Waals surface area contributed by atoms with Crippen molar-refractivity contribution in [2.75, 3.05) is 0 Å². The van der Waals surface area contributed by atoms with E-state index >= 15 is 0 Å². The van der Waals surface area contributed by atoms with Gasteiger partial charge in [0.05, 0.1) is 0 Å². The Bertz CT molecular complexity index is 1490. The third-order valence-corrected chi connectivity index (χ3v) is 18.4. The van der Waals surface area contributed by atoms with Gasteiger partial charge in [-0.05, 0) is 0 Å². The fraction of sp³-hybridized carbons (Fsp3) is 0.410. The average Bonchev–Trinajstić information content (AvgIpc) is 3.37. The van der Waals surface area contributed by atoms with Gasteiger partial charge in [-0.15, -0.1) is 0 Å². The summed E-state index contributed by atoms with van der Waals surface area (Å²) in [6, 6.07) is 26.3.